The van der Waals surface area contributed by atoms with Gasteiger partial charge < -0.3 is 10.2 Å². The van der Waals surface area contributed by atoms with Crippen molar-refractivity contribution in [3.63, 3.8) is 0 Å². The molecule has 1 aromatic heterocycles. The fourth-order valence-electron chi connectivity index (χ4n) is 1.60. The maximum absolute atomic E-state index is 9.64. The van der Waals surface area contributed by atoms with E-state index in [0.717, 1.165) is 11.1 Å². The van der Waals surface area contributed by atoms with Crippen molar-refractivity contribution in [2.45, 2.75) is 19.1 Å². The number of rotatable bonds is 2. The first-order valence-electron chi connectivity index (χ1n) is 4.84. The molecule has 2 unspecified atom stereocenters. The Hall–Kier alpha value is -1.90. The number of aliphatic hydroxyl groups excluding tert-OH is 2. The third kappa shape index (κ3) is 1.65. The summed E-state index contributed by atoms with van der Waals surface area (Å²) in [5, 5.41) is 35.2. The fourth-order valence-corrected chi connectivity index (χ4v) is 1.60. The predicted octanol–water partition coefficient (Wildman–Crippen LogP) is 0.789. The lowest BCUT2D eigenvalue weighted by Crippen LogP contribution is -2.15. The van der Waals surface area contributed by atoms with Gasteiger partial charge in [0.2, 0.25) is 0 Å². The van der Waals surface area contributed by atoms with Crippen LogP contribution in [0.2, 0.25) is 0 Å². The van der Waals surface area contributed by atoms with Gasteiger partial charge in [-0.05, 0) is 18.6 Å². The van der Waals surface area contributed by atoms with Crippen LogP contribution in [-0.4, -0.2) is 26.5 Å². The van der Waals surface area contributed by atoms with Crippen molar-refractivity contribution in [1.29, 1.82) is 5.26 Å². The Kier molecular flexibility index (Phi) is 2.60. The first-order valence-corrected chi connectivity index (χ1v) is 4.84. The number of nitrogens with zero attached hydrogens (tertiary/aromatic N) is 2. The highest BCUT2D eigenvalue weighted by Gasteiger charge is 2.18. The van der Waals surface area contributed by atoms with Crippen LogP contribution in [0.4, 0.5) is 0 Å². The van der Waals surface area contributed by atoms with Gasteiger partial charge in [-0.2, -0.15) is 10.4 Å². The maximum atomic E-state index is 9.64. The first-order chi connectivity index (χ1) is 7.63. The van der Waals surface area contributed by atoms with Crippen LogP contribution in [0, 0.1) is 18.3 Å². The van der Waals surface area contributed by atoms with E-state index in [9.17, 15) is 10.2 Å². The van der Waals surface area contributed by atoms with E-state index in [1.54, 1.807) is 24.3 Å². The average Bonchev–Trinajstić information content (AvgIpc) is 2.68. The molecule has 16 heavy (non-hydrogen) atoms. The molecular weight excluding hydrogens is 206 g/mol. The van der Waals surface area contributed by atoms with Crippen LogP contribution in [0.3, 0.4) is 0 Å². The summed E-state index contributed by atoms with van der Waals surface area (Å²) in [6.45, 7) is 1.90. The molecule has 0 aliphatic rings. The minimum Gasteiger partial charge on any atom is -0.385 e. The lowest BCUT2D eigenvalue weighted by atomic mass is 10.0. The van der Waals surface area contributed by atoms with E-state index in [-0.39, 0.29) is 0 Å². The Labute approximate surface area is 92.0 Å². The van der Waals surface area contributed by atoms with Gasteiger partial charge in [-0.25, -0.2) is 0 Å². The van der Waals surface area contributed by atoms with Crippen LogP contribution < -0.4 is 0 Å². The summed E-state index contributed by atoms with van der Waals surface area (Å²) < 4.78 is 0. The molecule has 5 heteroatoms. The zero-order chi connectivity index (χ0) is 11.7. The molecule has 0 spiro atoms. The van der Waals surface area contributed by atoms with Gasteiger partial charge in [0.1, 0.15) is 6.10 Å². The van der Waals surface area contributed by atoms with Crippen LogP contribution in [0.25, 0.3) is 10.9 Å². The largest absolute Gasteiger partial charge is 0.385 e. The molecule has 1 heterocycles. The van der Waals surface area contributed by atoms with Crippen molar-refractivity contribution >= 4 is 10.9 Å². The molecular formula is C11H11N3O2. The summed E-state index contributed by atoms with van der Waals surface area (Å²) in [5.41, 5.74) is 2.13. The number of nitriles is 1. The number of benzene rings is 1. The minimum absolute atomic E-state index is 0.480. The van der Waals surface area contributed by atoms with Crippen molar-refractivity contribution in [3.8, 4) is 6.07 Å². The molecule has 0 aliphatic carbocycles. The van der Waals surface area contributed by atoms with Gasteiger partial charge in [-0.15, -0.1) is 0 Å². The number of aryl methyl sites for hydroxylation is 1. The van der Waals surface area contributed by atoms with Gasteiger partial charge in [0.05, 0.1) is 11.6 Å². The molecule has 0 fully saturated rings. The first kappa shape index (κ1) is 10.6. The highest BCUT2D eigenvalue weighted by molar-refractivity contribution is 5.81. The second-order valence-electron chi connectivity index (χ2n) is 3.64. The molecule has 3 N–H and O–H groups in total. The highest BCUT2D eigenvalue weighted by atomic mass is 16.3. The number of hydrogen-bond donors (Lipinski definition) is 3. The number of aromatic nitrogens is 2. The van der Waals surface area contributed by atoms with Crippen LogP contribution in [0.5, 0.6) is 0 Å². The maximum Gasteiger partial charge on any atom is 0.170 e. The van der Waals surface area contributed by atoms with Gasteiger partial charge in [-0.1, -0.05) is 12.1 Å². The van der Waals surface area contributed by atoms with Crippen molar-refractivity contribution < 1.29 is 10.2 Å². The average molecular weight is 217 g/mol. The topological polar surface area (TPSA) is 92.9 Å². The summed E-state index contributed by atoms with van der Waals surface area (Å²) in [4.78, 5) is 0. The van der Waals surface area contributed by atoms with E-state index in [4.69, 9.17) is 5.26 Å². The Morgan fingerprint density at radius 3 is 2.88 bits per heavy atom. The minimum atomic E-state index is -1.42. The molecule has 1 aromatic carbocycles. The molecule has 0 amide bonds. The second kappa shape index (κ2) is 3.93. The van der Waals surface area contributed by atoms with Crippen LogP contribution in [0.1, 0.15) is 17.4 Å². The molecule has 5 nitrogen and oxygen atoms in total. The van der Waals surface area contributed by atoms with Crippen LogP contribution in [0.15, 0.2) is 18.2 Å². The lowest BCUT2D eigenvalue weighted by Gasteiger charge is -2.11. The molecule has 0 saturated carbocycles. The smallest absolute Gasteiger partial charge is 0.170 e. The van der Waals surface area contributed by atoms with Gasteiger partial charge in [0, 0.05) is 11.1 Å². The van der Waals surface area contributed by atoms with Gasteiger partial charge >= 0.3 is 0 Å². The molecule has 2 rings (SSSR count). The molecule has 2 atom stereocenters. The molecule has 0 saturated heterocycles. The standard InChI is InChI=1S/C11H11N3O2/c1-6-8-3-2-7(4-9(8)14-13-6)11(16)10(15)5-12/h2-4,10-11,15-16H,1H3,(H,13,14). The molecule has 0 radical (unpaired) electrons. The Morgan fingerprint density at radius 1 is 1.44 bits per heavy atom. The summed E-state index contributed by atoms with van der Waals surface area (Å²) >= 11 is 0. The molecule has 82 valence electrons. The van der Waals surface area contributed by atoms with E-state index < -0.39 is 12.2 Å². The van der Waals surface area contributed by atoms with Crippen molar-refractivity contribution in [1.82, 2.24) is 10.2 Å². The zero-order valence-corrected chi connectivity index (χ0v) is 8.68. The summed E-state index contributed by atoms with van der Waals surface area (Å²) in [5.74, 6) is 0. The van der Waals surface area contributed by atoms with Crippen molar-refractivity contribution in [2.75, 3.05) is 0 Å². The monoisotopic (exact) mass is 217 g/mol. The third-order valence-electron chi connectivity index (χ3n) is 2.54. The highest BCUT2D eigenvalue weighted by Crippen LogP contribution is 2.22. The second-order valence-corrected chi connectivity index (χ2v) is 3.64. The van der Waals surface area contributed by atoms with Gasteiger partial charge in [-0.3, -0.25) is 5.10 Å². The third-order valence-corrected chi connectivity index (χ3v) is 2.54. The van der Waals surface area contributed by atoms with Crippen molar-refractivity contribution in [3.05, 3.63) is 29.5 Å². The van der Waals surface area contributed by atoms with E-state index in [2.05, 4.69) is 10.2 Å². The number of aromatic amines is 1. The van der Waals surface area contributed by atoms with Crippen molar-refractivity contribution in [2.24, 2.45) is 0 Å². The molecule has 2 aromatic rings. The van der Waals surface area contributed by atoms with Crippen LogP contribution in [-0.2, 0) is 0 Å². The summed E-state index contributed by atoms with van der Waals surface area (Å²) in [6.07, 6.45) is -2.62. The number of fused-ring (bicyclic) bond motifs is 1. The summed E-state index contributed by atoms with van der Waals surface area (Å²) in [6, 6.07) is 6.73. The van der Waals surface area contributed by atoms with Crippen LogP contribution >= 0.6 is 0 Å². The fraction of sp³-hybridized carbons (Fsp3) is 0.273. The number of nitrogens with one attached hydrogen (secondary N) is 1. The number of H-pyrrole nitrogens is 1. The predicted molar refractivity (Wildman–Crippen MR) is 57.4 cm³/mol. The zero-order valence-electron chi connectivity index (χ0n) is 8.68. The van der Waals surface area contributed by atoms with Gasteiger partial charge in [0.15, 0.2) is 6.10 Å². The molecule has 0 aliphatic heterocycles. The van der Waals surface area contributed by atoms with E-state index in [1.807, 2.05) is 6.92 Å². The van der Waals surface area contributed by atoms with Gasteiger partial charge in [0.25, 0.3) is 0 Å². The number of aliphatic hydroxyl groups is 2. The quantitative estimate of drug-likeness (QED) is 0.648. The van der Waals surface area contributed by atoms with E-state index in [0.29, 0.717) is 11.1 Å². The lowest BCUT2D eigenvalue weighted by molar-refractivity contribution is 0.0529. The Bertz CT molecular complexity index is 556. The number of hydrogen-bond acceptors (Lipinski definition) is 4. The Balaban J connectivity index is 2.44. The van der Waals surface area contributed by atoms with E-state index >= 15 is 0 Å². The molecule has 0 bridgehead atoms. The normalized spacial score (nSPS) is 14.6. The SMILES string of the molecule is Cc1[nH]nc2cc(C(O)C(O)C#N)ccc12. The van der Waals surface area contributed by atoms with E-state index in [1.165, 1.54) is 0 Å². The Morgan fingerprint density at radius 2 is 2.19 bits per heavy atom. The summed E-state index contributed by atoms with van der Waals surface area (Å²) in [7, 11) is 0.